The van der Waals surface area contributed by atoms with E-state index in [-0.39, 0.29) is 34.7 Å². The highest BCUT2D eigenvalue weighted by Crippen LogP contribution is 2.52. The Morgan fingerprint density at radius 3 is 2.10 bits per heavy atom. The van der Waals surface area contributed by atoms with Crippen molar-refractivity contribution in [2.75, 3.05) is 19.0 Å². The standard InChI is InChI=1S/C29H50O7SSi2/c1-11-37-29-19-33-38(20(2)3,21(4)5)36-39(22(6)7,23(8)9)35-27(26(34-29)18-31-24(10)30)28(29)32-17-25-15-13-12-14-16-25/h12-16,20-23,26-28H,11,17-19H2,1-10H3/t26-,27-,28+,29+/m1/s1. The van der Waals surface area contributed by atoms with Crippen LogP contribution in [0, 0.1) is 0 Å². The molecule has 0 amide bonds. The van der Waals surface area contributed by atoms with Crippen molar-refractivity contribution in [2.24, 2.45) is 0 Å². The lowest BCUT2D eigenvalue weighted by molar-refractivity contribution is -0.147. The zero-order valence-corrected chi connectivity index (χ0v) is 28.3. The van der Waals surface area contributed by atoms with E-state index in [0.717, 1.165) is 11.3 Å². The Bertz CT molecular complexity index is 913. The first kappa shape index (κ1) is 32.8. The topological polar surface area (TPSA) is 72.5 Å². The van der Waals surface area contributed by atoms with Gasteiger partial charge in [-0.15, -0.1) is 11.8 Å². The highest BCUT2D eigenvalue weighted by molar-refractivity contribution is 8.00. The van der Waals surface area contributed by atoms with Crippen LogP contribution in [0.2, 0.25) is 22.2 Å². The van der Waals surface area contributed by atoms with Crippen LogP contribution in [-0.2, 0) is 38.6 Å². The Hall–Kier alpha value is -0.726. The average molecular weight is 599 g/mol. The number of hydrogen-bond acceptors (Lipinski definition) is 8. The summed E-state index contributed by atoms with van der Waals surface area (Å²) in [7, 11) is -5.75. The van der Waals surface area contributed by atoms with Crippen LogP contribution in [0.3, 0.4) is 0 Å². The summed E-state index contributed by atoms with van der Waals surface area (Å²) in [6.07, 6.45) is -1.42. The van der Waals surface area contributed by atoms with Crippen molar-refractivity contribution in [2.45, 2.75) is 121 Å². The summed E-state index contributed by atoms with van der Waals surface area (Å²) in [5, 5.41) is 0. The zero-order chi connectivity index (χ0) is 29.0. The van der Waals surface area contributed by atoms with E-state index in [9.17, 15) is 4.79 Å². The molecule has 2 fully saturated rings. The summed E-state index contributed by atoms with van der Waals surface area (Å²) in [5.74, 6) is 0.457. The van der Waals surface area contributed by atoms with Gasteiger partial charge in [0, 0.05) is 6.92 Å². The molecule has 3 rings (SSSR count). The first-order valence-corrected chi connectivity index (χ1v) is 19.4. The summed E-state index contributed by atoms with van der Waals surface area (Å²) < 4.78 is 41.1. The van der Waals surface area contributed by atoms with Gasteiger partial charge in [0.1, 0.15) is 24.9 Å². The first-order chi connectivity index (χ1) is 18.3. The Morgan fingerprint density at radius 1 is 1.00 bits per heavy atom. The zero-order valence-electron chi connectivity index (χ0n) is 25.5. The molecule has 2 aliphatic heterocycles. The van der Waals surface area contributed by atoms with Crippen LogP contribution in [-0.4, -0.2) is 65.3 Å². The van der Waals surface area contributed by atoms with Gasteiger partial charge >= 0.3 is 23.1 Å². The second-order valence-corrected chi connectivity index (χ2v) is 22.4. The maximum absolute atomic E-state index is 11.9. The molecule has 2 bridgehead atoms. The lowest BCUT2D eigenvalue weighted by atomic mass is 10.1. The average Bonchev–Trinajstić information content (AvgIpc) is 3.17. The second-order valence-electron chi connectivity index (χ2n) is 12.0. The summed E-state index contributed by atoms with van der Waals surface area (Å²) in [6, 6.07) is 10.2. The van der Waals surface area contributed by atoms with Crippen LogP contribution in [0.4, 0.5) is 0 Å². The number of hydrogen-bond donors (Lipinski definition) is 0. The van der Waals surface area contributed by atoms with Gasteiger partial charge in [0.05, 0.1) is 13.2 Å². The Balaban J connectivity index is 2.19. The molecule has 0 unspecified atom stereocenters. The van der Waals surface area contributed by atoms with Crippen molar-refractivity contribution < 1.29 is 32.0 Å². The number of carbonyl (C=O) groups is 1. The molecule has 222 valence electrons. The van der Waals surface area contributed by atoms with Crippen molar-refractivity contribution in [3.05, 3.63) is 35.9 Å². The second kappa shape index (κ2) is 13.5. The van der Waals surface area contributed by atoms with Gasteiger partial charge in [-0.1, -0.05) is 92.6 Å². The molecule has 4 atom stereocenters. The maximum Gasteiger partial charge on any atom is 0.335 e. The van der Waals surface area contributed by atoms with Crippen LogP contribution in [0.1, 0.15) is 74.8 Å². The van der Waals surface area contributed by atoms with Crippen molar-refractivity contribution in [1.29, 1.82) is 0 Å². The number of fused-ring (bicyclic) bond motifs is 2. The predicted molar refractivity (Wildman–Crippen MR) is 161 cm³/mol. The fraction of sp³-hybridized carbons (Fsp3) is 0.759. The van der Waals surface area contributed by atoms with Crippen molar-refractivity contribution >= 4 is 34.9 Å². The Labute approximate surface area is 242 Å². The molecular formula is C29H50O7SSi2. The lowest BCUT2D eigenvalue weighted by Gasteiger charge is -2.49. The van der Waals surface area contributed by atoms with Gasteiger partial charge in [-0.25, -0.2) is 0 Å². The van der Waals surface area contributed by atoms with Gasteiger partial charge in [-0.05, 0) is 33.5 Å². The largest absolute Gasteiger partial charge is 0.463 e. The molecule has 0 spiro atoms. The molecule has 0 aromatic heterocycles. The molecule has 10 heteroatoms. The number of esters is 1. The smallest absolute Gasteiger partial charge is 0.335 e. The molecule has 1 aromatic rings. The van der Waals surface area contributed by atoms with E-state index < -0.39 is 40.4 Å². The SMILES string of the molecule is CCS[C@]12CO[Si](C(C)C)(C(C)C)O[Si](C(C)C)(C(C)C)O[C@H]([C@@H](COC(C)=O)O1)[C@@H]2OCc1ccccc1. The van der Waals surface area contributed by atoms with Gasteiger partial charge in [-0.2, -0.15) is 0 Å². The number of ether oxygens (including phenoxy) is 3. The minimum absolute atomic E-state index is 0.0921. The molecule has 0 N–H and O–H groups in total. The van der Waals surface area contributed by atoms with E-state index in [2.05, 4.69) is 74.4 Å². The van der Waals surface area contributed by atoms with Crippen LogP contribution < -0.4 is 0 Å². The third-order valence-electron chi connectivity index (χ3n) is 7.92. The van der Waals surface area contributed by atoms with Gasteiger partial charge in [-0.3, -0.25) is 4.79 Å². The molecule has 7 nitrogen and oxygen atoms in total. The summed E-state index contributed by atoms with van der Waals surface area (Å²) in [4.78, 5) is 11.0. The molecule has 2 aliphatic rings. The molecule has 1 aromatic carbocycles. The van der Waals surface area contributed by atoms with E-state index in [1.165, 1.54) is 6.92 Å². The molecule has 0 saturated carbocycles. The van der Waals surface area contributed by atoms with Gasteiger partial charge < -0.3 is 27.2 Å². The van der Waals surface area contributed by atoms with Crippen LogP contribution in [0.25, 0.3) is 0 Å². The molecule has 0 aliphatic carbocycles. The van der Waals surface area contributed by atoms with Crippen molar-refractivity contribution in [3.63, 3.8) is 0 Å². The lowest BCUT2D eigenvalue weighted by Crippen LogP contribution is -2.63. The number of thioether (sulfide) groups is 1. The van der Waals surface area contributed by atoms with Gasteiger partial charge in [0.2, 0.25) is 0 Å². The highest BCUT2D eigenvalue weighted by Gasteiger charge is 2.65. The fourth-order valence-corrected chi connectivity index (χ4v) is 18.4. The van der Waals surface area contributed by atoms with E-state index in [4.69, 9.17) is 27.2 Å². The third kappa shape index (κ3) is 6.85. The van der Waals surface area contributed by atoms with Gasteiger partial charge in [0.25, 0.3) is 0 Å². The normalized spacial score (nSPS) is 28.5. The van der Waals surface area contributed by atoms with Crippen LogP contribution >= 0.6 is 11.8 Å². The fourth-order valence-electron chi connectivity index (χ4n) is 5.94. The van der Waals surface area contributed by atoms with Gasteiger partial charge in [0.15, 0.2) is 4.93 Å². The van der Waals surface area contributed by atoms with Crippen LogP contribution in [0.15, 0.2) is 30.3 Å². The predicted octanol–water partition coefficient (Wildman–Crippen LogP) is 6.94. The quantitative estimate of drug-likeness (QED) is 0.200. The molecule has 2 saturated heterocycles. The Morgan fingerprint density at radius 2 is 1.59 bits per heavy atom. The minimum atomic E-state index is -2.95. The summed E-state index contributed by atoms with van der Waals surface area (Å²) >= 11 is 1.68. The van der Waals surface area contributed by atoms with E-state index >= 15 is 0 Å². The first-order valence-electron chi connectivity index (χ1n) is 14.5. The minimum Gasteiger partial charge on any atom is -0.463 e. The molecule has 39 heavy (non-hydrogen) atoms. The molecule has 2 heterocycles. The Kier molecular flexibility index (Phi) is 11.3. The monoisotopic (exact) mass is 598 g/mol. The number of carbonyl (C=O) groups excluding carboxylic acids is 1. The van der Waals surface area contributed by atoms with Crippen molar-refractivity contribution in [3.8, 4) is 0 Å². The van der Waals surface area contributed by atoms with Crippen molar-refractivity contribution in [1.82, 2.24) is 0 Å². The van der Waals surface area contributed by atoms with Crippen LogP contribution in [0.5, 0.6) is 0 Å². The van der Waals surface area contributed by atoms with E-state index in [0.29, 0.717) is 13.2 Å². The van der Waals surface area contributed by atoms with E-state index in [1.807, 2.05) is 18.2 Å². The molecular weight excluding hydrogens is 549 g/mol. The summed E-state index contributed by atoms with van der Waals surface area (Å²) in [6.45, 7) is 22.1. The number of benzene rings is 1. The third-order valence-corrected chi connectivity index (χ3v) is 19.4. The summed E-state index contributed by atoms with van der Waals surface area (Å²) in [5.41, 5.74) is 1.81. The maximum atomic E-state index is 11.9. The number of rotatable bonds is 11. The van der Waals surface area contributed by atoms with E-state index in [1.54, 1.807) is 11.8 Å². The highest BCUT2D eigenvalue weighted by atomic mass is 32.2. The molecule has 0 radical (unpaired) electrons.